The average molecular weight is 405 g/mol. The minimum Gasteiger partial charge on any atom is -0.299 e. The number of rotatable bonds is 0. The van der Waals surface area contributed by atoms with E-state index in [2.05, 4.69) is 40.4 Å². The highest BCUT2D eigenvalue weighted by atomic mass is 127. The van der Waals surface area contributed by atoms with Gasteiger partial charge in [-0.3, -0.25) is 4.79 Å². The van der Waals surface area contributed by atoms with E-state index < -0.39 is 0 Å². The molecule has 114 valence electrons. The summed E-state index contributed by atoms with van der Waals surface area (Å²) in [6.07, 6.45) is 6.37. The van der Waals surface area contributed by atoms with Crippen molar-refractivity contribution in [3.05, 3.63) is 38.2 Å². The van der Waals surface area contributed by atoms with E-state index >= 15 is 0 Å². The van der Waals surface area contributed by atoms with Crippen molar-refractivity contribution < 1.29 is 4.79 Å². The van der Waals surface area contributed by atoms with E-state index in [0.717, 1.165) is 37.8 Å². The third kappa shape index (κ3) is 1.86. The Morgan fingerprint density at radius 3 is 2.86 bits per heavy atom. The molecule has 0 spiro atoms. The molecule has 0 aromatic heterocycles. The summed E-state index contributed by atoms with van der Waals surface area (Å²) in [6, 6.07) is 4.21. The number of halogens is 1. The van der Waals surface area contributed by atoms with Crippen LogP contribution in [0.3, 0.4) is 0 Å². The van der Waals surface area contributed by atoms with Gasteiger partial charge in [0.2, 0.25) is 5.69 Å². The van der Waals surface area contributed by atoms with Gasteiger partial charge >= 0.3 is 0 Å². The third-order valence-electron chi connectivity index (χ3n) is 6.65. The van der Waals surface area contributed by atoms with E-state index in [4.69, 9.17) is 6.57 Å². The second-order valence-corrected chi connectivity index (χ2v) is 8.49. The van der Waals surface area contributed by atoms with E-state index in [1.54, 1.807) is 0 Å². The Kier molecular flexibility index (Phi) is 3.38. The molecular weight excluding hydrogens is 385 g/mol. The monoisotopic (exact) mass is 405 g/mol. The molecule has 2 nitrogen and oxygen atoms in total. The van der Waals surface area contributed by atoms with Gasteiger partial charge in [-0.1, -0.05) is 41.6 Å². The van der Waals surface area contributed by atoms with Crippen LogP contribution in [-0.4, -0.2) is 5.78 Å². The molecule has 1 aromatic carbocycles. The van der Waals surface area contributed by atoms with Crippen molar-refractivity contribution in [3.63, 3.8) is 0 Å². The topological polar surface area (TPSA) is 21.4 Å². The Morgan fingerprint density at radius 1 is 1.27 bits per heavy atom. The highest BCUT2D eigenvalue weighted by Gasteiger charge is 2.54. The Balaban J connectivity index is 1.75. The summed E-state index contributed by atoms with van der Waals surface area (Å²) in [5.41, 5.74) is 3.66. The molecule has 0 amide bonds. The predicted octanol–water partition coefficient (Wildman–Crippen LogP) is 5.27. The summed E-state index contributed by atoms with van der Waals surface area (Å²) in [7, 11) is 0. The average Bonchev–Trinajstić information content (AvgIpc) is 2.83. The molecule has 3 unspecified atom stereocenters. The molecule has 0 heterocycles. The lowest BCUT2D eigenvalue weighted by atomic mass is 9.55. The predicted molar refractivity (Wildman–Crippen MR) is 95.0 cm³/mol. The molecule has 0 N–H and O–H groups in total. The van der Waals surface area contributed by atoms with Crippen molar-refractivity contribution in [1.29, 1.82) is 0 Å². The number of Topliss-reactive ketones (excluding diaryl/α,β-unsaturated/α-hetero) is 1. The van der Waals surface area contributed by atoms with Gasteiger partial charge in [-0.05, 0) is 61.0 Å². The lowest BCUT2D eigenvalue weighted by Gasteiger charge is -2.48. The second-order valence-electron chi connectivity index (χ2n) is 7.41. The van der Waals surface area contributed by atoms with Crippen molar-refractivity contribution in [1.82, 2.24) is 0 Å². The molecule has 3 aliphatic rings. The maximum absolute atomic E-state index is 12.4. The number of carbonyl (C=O) groups excluding carboxylic acids is 1. The Hall–Kier alpha value is -0.890. The van der Waals surface area contributed by atoms with Crippen molar-refractivity contribution in [2.24, 2.45) is 17.3 Å². The first kappa shape index (κ1) is 14.7. The maximum atomic E-state index is 12.4. The van der Waals surface area contributed by atoms with E-state index in [1.807, 2.05) is 6.07 Å². The zero-order valence-corrected chi connectivity index (χ0v) is 15.0. The quantitative estimate of drug-likeness (QED) is 0.426. The number of benzene rings is 1. The van der Waals surface area contributed by atoms with Crippen molar-refractivity contribution in [2.45, 2.75) is 51.4 Å². The van der Waals surface area contributed by atoms with Gasteiger partial charge in [0.25, 0.3) is 0 Å². The Morgan fingerprint density at radius 2 is 2.09 bits per heavy atom. The number of carbonyl (C=O) groups is 1. The van der Waals surface area contributed by atoms with Gasteiger partial charge in [-0.15, -0.1) is 0 Å². The van der Waals surface area contributed by atoms with Crippen LogP contribution < -0.4 is 0 Å². The van der Waals surface area contributed by atoms with Crippen LogP contribution in [0.4, 0.5) is 5.69 Å². The van der Waals surface area contributed by atoms with Crippen molar-refractivity contribution in [2.75, 3.05) is 0 Å². The molecule has 3 heteroatoms. The van der Waals surface area contributed by atoms with Gasteiger partial charge in [0, 0.05) is 15.4 Å². The number of hydrogen-bond acceptors (Lipinski definition) is 1. The number of hydrogen-bond donors (Lipinski definition) is 0. The van der Waals surface area contributed by atoms with Crippen molar-refractivity contribution >= 4 is 34.1 Å². The maximum Gasteiger partial charge on any atom is 0.200 e. The lowest BCUT2D eigenvalue weighted by Crippen LogP contribution is -2.42. The zero-order chi connectivity index (χ0) is 15.5. The van der Waals surface area contributed by atoms with E-state index in [9.17, 15) is 4.79 Å². The number of fused-ring (bicyclic) bond motifs is 5. The molecule has 22 heavy (non-hydrogen) atoms. The third-order valence-corrected chi connectivity index (χ3v) is 7.86. The van der Waals surface area contributed by atoms with Gasteiger partial charge in [0.1, 0.15) is 5.78 Å². The van der Waals surface area contributed by atoms with Crippen LogP contribution >= 0.6 is 22.6 Å². The zero-order valence-electron chi connectivity index (χ0n) is 12.9. The summed E-state index contributed by atoms with van der Waals surface area (Å²) >= 11 is 2.36. The van der Waals surface area contributed by atoms with E-state index in [1.165, 1.54) is 21.1 Å². The highest BCUT2D eigenvalue weighted by molar-refractivity contribution is 14.1. The molecule has 2 fully saturated rings. The normalized spacial score (nSPS) is 36.2. The van der Waals surface area contributed by atoms with Gasteiger partial charge in [0.05, 0.1) is 6.57 Å². The van der Waals surface area contributed by atoms with Crippen molar-refractivity contribution in [3.8, 4) is 0 Å². The van der Waals surface area contributed by atoms with Gasteiger partial charge in [-0.25, -0.2) is 4.85 Å². The minimum atomic E-state index is -0.0394. The number of ketones is 1. The molecule has 0 radical (unpaired) electrons. The largest absolute Gasteiger partial charge is 0.299 e. The first-order valence-corrected chi connectivity index (χ1v) is 9.36. The Labute approximate surface area is 145 Å². The molecule has 4 rings (SSSR count). The second kappa shape index (κ2) is 5.06. The highest BCUT2D eigenvalue weighted by Crippen LogP contribution is 2.59. The van der Waals surface area contributed by atoms with Crippen LogP contribution in [0.5, 0.6) is 0 Å². The fourth-order valence-electron chi connectivity index (χ4n) is 5.47. The molecule has 0 aliphatic heterocycles. The Bertz CT molecular complexity index is 704. The SMILES string of the molecule is [C-]#[N+]c1ccc2c(c1I)CCC1C2CC[C@]2(C)C(=O)CCC12. The van der Waals surface area contributed by atoms with Crippen LogP contribution in [0.2, 0.25) is 0 Å². The molecule has 2 saturated carbocycles. The summed E-state index contributed by atoms with van der Waals surface area (Å²) in [5.74, 6) is 2.39. The molecule has 4 atom stereocenters. The lowest BCUT2D eigenvalue weighted by molar-refractivity contribution is -0.129. The van der Waals surface area contributed by atoms with Crippen LogP contribution in [-0.2, 0) is 11.2 Å². The molecule has 0 bridgehead atoms. The van der Waals surface area contributed by atoms with Gasteiger partial charge < -0.3 is 0 Å². The molecular formula is C19H20INO. The standard InChI is InChI=1S/C19H20INO/c1-19-10-9-12-11-5-7-16(21-2)18(20)14(11)4-3-13(12)15(19)6-8-17(19)22/h5,7,12-13,15H,3-4,6,8-10H2,1H3/t12?,13?,15?,19-/m0/s1. The molecule has 1 aromatic rings. The fraction of sp³-hybridized carbons (Fsp3) is 0.579. The summed E-state index contributed by atoms with van der Waals surface area (Å²) < 4.78 is 1.17. The van der Waals surface area contributed by atoms with Crippen LogP contribution in [0.1, 0.15) is 56.1 Å². The summed E-state index contributed by atoms with van der Waals surface area (Å²) in [6.45, 7) is 9.54. The first-order chi connectivity index (χ1) is 10.6. The number of nitrogens with zero attached hydrogens (tertiary/aromatic N) is 1. The first-order valence-electron chi connectivity index (χ1n) is 8.28. The molecule has 3 aliphatic carbocycles. The fourth-order valence-corrected chi connectivity index (χ4v) is 6.35. The van der Waals surface area contributed by atoms with E-state index in [-0.39, 0.29) is 5.41 Å². The summed E-state index contributed by atoms with van der Waals surface area (Å²) in [4.78, 5) is 16.0. The van der Waals surface area contributed by atoms with Crippen LogP contribution in [0.25, 0.3) is 4.85 Å². The van der Waals surface area contributed by atoms with Crippen LogP contribution in [0.15, 0.2) is 12.1 Å². The van der Waals surface area contributed by atoms with Gasteiger partial charge in [0.15, 0.2) is 0 Å². The smallest absolute Gasteiger partial charge is 0.200 e. The van der Waals surface area contributed by atoms with E-state index in [0.29, 0.717) is 23.5 Å². The minimum absolute atomic E-state index is 0.0394. The molecule has 0 saturated heterocycles. The van der Waals surface area contributed by atoms with Crippen LogP contribution in [0, 0.1) is 27.4 Å². The van der Waals surface area contributed by atoms with Gasteiger partial charge in [-0.2, -0.15) is 0 Å². The summed E-state index contributed by atoms with van der Waals surface area (Å²) in [5, 5.41) is 0.